The van der Waals surface area contributed by atoms with Gasteiger partial charge in [0.1, 0.15) is 0 Å². The second kappa shape index (κ2) is 9.10. The number of carbonyl (C=O) groups is 1. The molecule has 0 amide bonds. The summed E-state index contributed by atoms with van der Waals surface area (Å²) in [5.41, 5.74) is 3.97. The lowest BCUT2D eigenvalue weighted by molar-refractivity contribution is -0.131. The highest BCUT2D eigenvalue weighted by atomic mass is 35.5. The molecular formula is C23H16Cl3NO4. The third-order valence-electron chi connectivity index (χ3n) is 4.71. The van der Waals surface area contributed by atoms with Gasteiger partial charge >= 0.3 is 5.97 Å². The molecule has 0 saturated heterocycles. The van der Waals surface area contributed by atoms with Crippen LogP contribution in [0.4, 0.5) is 11.4 Å². The Morgan fingerprint density at radius 2 is 1.71 bits per heavy atom. The van der Waals surface area contributed by atoms with Gasteiger partial charge in [-0.15, -0.1) is 0 Å². The lowest BCUT2D eigenvalue weighted by Gasteiger charge is -2.16. The zero-order chi connectivity index (χ0) is 22.0. The Hall–Kier alpha value is -2.86. The smallest absolute Gasteiger partial charge is 0.328 e. The van der Waals surface area contributed by atoms with E-state index in [0.717, 1.165) is 34.1 Å². The van der Waals surface area contributed by atoms with Gasteiger partial charge < -0.3 is 19.9 Å². The molecule has 1 heterocycles. The maximum atomic E-state index is 10.7. The summed E-state index contributed by atoms with van der Waals surface area (Å²) in [6.45, 7) is 0.164. The molecule has 0 bridgehead atoms. The molecule has 8 heteroatoms. The van der Waals surface area contributed by atoms with Crippen LogP contribution < -0.4 is 14.8 Å². The van der Waals surface area contributed by atoms with Gasteiger partial charge in [-0.1, -0.05) is 46.9 Å². The molecule has 5 nitrogen and oxygen atoms in total. The highest BCUT2D eigenvalue weighted by molar-refractivity contribution is 6.42. The van der Waals surface area contributed by atoms with Crippen molar-refractivity contribution >= 4 is 58.2 Å². The van der Waals surface area contributed by atoms with Gasteiger partial charge in [0.05, 0.1) is 10.0 Å². The lowest BCUT2D eigenvalue weighted by Crippen LogP contribution is -2.00. The van der Waals surface area contributed by atoms with Crippen LogP contribution in [0.15, 0.2) is 54.6 Å². The van der Waals surface area contributed by atoms with Crippen molar-refractivity contribution in [3.8, 4) is 11.5 Å². The summed E-state index contributed by atoms with van der Waals surface area (Å²) < 4.78 is 10.8. The molecule has 0 atom stereocenters. The molecule has 2 N–H and O–H groups in total. The summed E-state index contributed by atoms with van der Waals surface area (Å²) in [6, 6.07) is 14.5. The van der Waals surface area contributed by atoms with E-state index in [4.69, 9.17) is 49.4 Å². The molecule has 1 aliphatic rings. The zero-order valence-corrected chi connectivity index (χ0v) is 18.3. The number of carboxylic acid groups (broad SMARTS) is 1. The first-order valence-electron chi connectivity index (χ1n) is 9.23. The molecule has 0 saturated carbocycles. The number of anilines is 2. The Bertz CT molecular complexity index is 1180. The Labute approximate surface area is 193 Å². The predicted molar refractivity (Wildman–Crippen MR) is 123 cm³/mol. The Morgan fingerprint density at radius 1 is 1.00 bits per heavy atom. The molecular weight excluding hydrogens is 461 g/mol. The van der Waals surface area contributed by atoms with Crippen molar-refractivity contribution in [1.82, 2.24) is 0 Å². The Morgan fingerprint density at radius 3 is 2.42 bits per heavy atom. The van der Waals surface area contributed by atoms with Gasteiger partial charge in [-0.05, 0) is 47.5 Å². The summed E-state index contributed by atoms with van der Waals surface area (Å²) in [4.78, 5) is 10.7. The van der Waals surface area contributed by atoms with Gasteiger partial charge in [0.15, 0.2) is 11.5 Å². The first-order valence-corrected chi connectivity index (χ1v) is 10.4. The van der Waals surface area contributed by atoms with Crippen molar-refractivity contribution in [3.05, 3.63) is 86.4 Å². The summed E-state index contributed by atoms with van der Waals surface area (Å²) in [7, 11) is 0. The fourth-order valence-electron chi connectivity index (χ4n) is 3.17. The average molecular weight is 477 g/mol. The number of rotatable bonds is 6. The molecule has 3 aromatic rings. The summed E-state index contributed by atoms with van der Waals surface area (Å²) >= 11 is 19.3. The second-order valence-electron chi connectivity index (χ2n) is 6.78. The maximum Gasteiger partial charge on any atom is 0.328 e. The number of halogens is 3. The molecule has 3 aromatic carbocycles. The van der Waals surface area contributed by atoms with E-state index in [-0.39, 0.29) is 6.79 Å². The van der Waals surface area contributed by atoms with Crippen LogP contribution in [-0.2, 0) is 11.2 Å². The van der Waals surface area contributed by atoms with Crippen molar-refractivity contribution in [3.63, 3.8) is 0 Å². The molecule has 0 aromatic heterocycles. The standard InChI is InChI=1S/C23H16Cl3NO4/c24-17-6-7-19(27-15-4-1-13(2-5-15)3-8-22(28)29)16(23(17)26)9-14-10-20-21(11-18(14)25)31-12-30-20/h1-8,10-11,27H,9,12H2,(H,28,29)/b8-3+. The molecule has 0 spiro atoms. The molecule has 0 aliphatic carbocycles. The minimum absolute atomic E-state index is 0.164. The van der Waals surface area contributed by atoms with Crippen LogP contribution >= 0.6 is 34.8 Å². The molecule has 0 radical (unpaired) electrons. The SMILES string of the molecule is O=C(O)/C=C/c1ccc(Nc2ccc(Cl)c(Cl)c2Cc2cc3c(cc2Cl)OCO3)cc1. The van der Waals surface area contributed by atoms with Gasteiger partial charge in [-0.3, -0.25) is 0 Å². The van der Waals surface area contributed by atoms with Crippen LogP contribution in [0.1, 0.15) is 16.7 Å². The molecule has 1 aliphatic heterocycles. The summed E-state index contributed by atoms with van der Waals surface area (Å²) in [6.07, 6.45) is 3.05. The van der Waals surface area contributed by atoms with E-state index in [1.807, 2.05) is 36.4 Å². The van der Waals surface area contributed by atoms with Gasteiger partial charge in [0.25, 0.3) is 0 Å². The van der Waals surface area contributed by atoms with Crippen LogP contribution in [0.2, 0.25) is 15.1 Å². The molecule has 0 unspecified atom stereocenters. The number of benzene rings is 3. The number of fused-ring (bicyclic) bond motifs is 1. The van der Waals surface area contributed by atoms with Crippen molar-refractivity contribution in [2.75, 3.05) is 12.1 Å². The largest absolute Gasteiger partial charge is 0.478 e. The van der Waals surface area contributed by atoms with E-state index in [0.29, 0.717) is 33.0 Å². The van der Waals surface area contributed by atoms with Gasteiger partial charge in [0, 0.05) is 40.5 Å². The lowest BCUT2D eigenvalue weighted by atomic mass is 10.0. The van der Waals surface area contributed by atoms with Gasteiger partial charge in [-0.2, -0.15) is 0 Å². The van der Waals surface area contributed by atoms with E-state index in [1.165, 1.54) is 6.08 Å². The minimum Gasteiger partial charge on any atom is -0.478 e. The zero-order valence-electron chi connectivity index (χ0n) is 16.0. The average Bonchev–Trinajstić information content (AvgIpc) is 3.20. The van der Waals surface area contributed by atoms with E-state index in [2.05, 4.69) is 5.32 Å². The fraction of sp³-hybridized carbons (Fsp3) is 0.0870. The van der Waals surface area contributed by atoms with Crippen LogP contribution in [-0.4, -0.2) is 17.9 Å². The monoisotopic (exact) mass is 475 g/mol. The maximum absolute atomic E-state index is 10.7. The highest BCUT2D eigenvalue weighted by Crippen LogP contribution is 2.40. The fourth-order valence-corrected chi connectivity index (χ4v) is 3.80. The number of ether oxygens (including phenoxy) is 2. The molecule has 0 fully saturated rings. The van der Waals surface area contributed by atoms with E-state index in [9.17, 15) is 4.79 Å². The minimum atomic E-state index is -0.996. The first kappa shape index (κ1) is 21.4. The van der Waals surface area contributed by atoms with Crippen molar-refractivity contribution in [1.29, 1.82) is 0 Å². The number of hydrogen-bond donors (Lipinski definition) is 2. The van der Waals surface area contributed by atoms with E-state index in [1.54, 1.807) is 12.1 Å². The highest BCUT2D eigenvalue weighted by Gasteiger charge is 2.19. The van der Waals surface area contributed by atoms with E-state index >= 15 is 0 Å². The quantitative estimate of drug-likeness (QED) is 0.383. The van der Waals surface area contributed by atoms with Crippen LogP contribution in [0.3, 0.4) is 0 Å². The number of carboxylic acids is 1. The number of nitrogens with one attached hydrogen (secondary N) is 1. The Balaban J connectivity index is 1.63. The van der Waals surface area contributed by atoms with Crippen molar-refractivity contribution in [2.45, 2.75) is 6.42 Å². The van der Waals surface area contributed by atoms with Gasteiger partial charge in [-0.25, -0.2) is 4.79 Å². The third kappa shape index (κ3) is 4.90. The van der Waals surface area contributed by atoms with E-state index < -0.39 is 5.97 Å². The second-order valence-corrected chi connectivity index (χ2v) is 7.97. The predicted octanol–water partition coefficient (Wildman–Crippen LogP) is 6.81. The van der Waals surface area contributed by atoms with Crippen LogP contribution in [0, 0.1) is 0 Å². The third-order valence-corrected chi connectivity index (χ3v) is 5.91. The summed E-state index contributed by atoms with van der Waals surface area (Å²) in [5.74, 6) is 0.253. The van der Waals surface area contributed by atoms with Crippen LogP contribution in [0.5, 0.6) is 11.5 Å². The van der Waals surface area contributed by atoms with Crippen molar-refractivity contribution in [2.24, 2.45) is 0 Å². The molecule has 31 heavy (non-hydrogen) atoms. The Kier molecular flexibility index (Phi) is 6.28. The summed E-state index contributed by atoms with van der Waals surface area (Å²) in [5, 5.41) is 13.5. The number of aliphatic carboxylic acids is 1. The van der Waals surface area contributed by atoms with Crippen molar-refractivity contribution < 1.29 is 19.4 Å². The van der Waals surface area contributed by atoms with Gasteiger partial charge in [0.2, 0.25) is 6.79 Å². The van der Waals surface area contributed by atoms with Crippen LogP contribution in [0.25, 0.3) is 6.08 Å². The normalized spacial score (nSPS) is 12.4. The first-order chi connectivity index (χ1) is 14.9. The molecule has 158 valence electrons. The number of hydrogen-bond acceptors (Lipinski definition) is 4. The topological polar surface area (TPSA) is 67.8 Å². The molecule has 4 rings (SSSR count).